The predicted octanol–water partition coefficient (Wildman–Crippen LogP) is 2.99. The standard InChI is InChI=1S/C17H25NO2/c1-13(2)18-11-16(19)12-20-17-9-7-15(8-10-17)14-5-3-4-6-14/h5,7-10,13,16,18-19H,3-4,6,11-12H2,1-2H3. The molecule has 0 radical (unpaired) electrons. The third kappa shape index (κ3) is 4.66. The number of rotatable bonds is 7. The molecule has 1 aromatic carbocycles. The molecule has 0 fully saturated rings. The molecule has 1 aliphatic carbocycles. The maximum atomic E-state index is 9.79. The van der Waals surface area contributed by atoms with Crippen molar-refractivity contribution in [2.24, 2.45) is 0 Å². The van der Waals surface area contributed by atoms with E-state index in [2.05, 4.69) is 37.4 Å². The van der Waals surface area contributed by atoms with E-state index >= 15 is 0 Å². The second-order valence-electron chi connectivity index (χ2n) is 5.67. The van der Waals surface area contributed by atoms with E-state index in [0.717, 1.165) is 5.75 Å². The minimum absolute atomic E-state index is 0.321. The van der Waals surface area contributed by atoms with Gasteiger partial charge in [-0.25, -0.2) is 0 Å². The molecule has 2 rings (SSSR count). The molecule has 3 heteroatoms. The summed E-state index contributed by atoms with van der Waals surface area (Å²) in [5, 5.41) is 13.0. The van der Waals surface area contributed by atoms with Gasteiger partial charge >= 0.3 is 0 Å². The van der Waals surface area contributed by atoms with Crippen molar-refractivity contribution in [3.63, 3.8) is 0 Å². The van der Waals surface area contributed by atoms with Crippen LogP contribution in [-0.4, -0.2) is 30.4 Å². The van der Waals surface area contributed by atoms with Crippen LogP contribution in [0.25, 0.3) is 5.57 Å². The van der Waals surface area contributed by atoms with Gasteiger partial charge in [0.05, 0.1) is 0 Å². The summed E-state index contributed by atoms with van der Waals surface area (Å²) in [5.74, 6) is 0.816. The summed E-state index contributed by atoms with van der Waals surface area (Å²) in [6.07, 6.45) is 5.48. The lowest BCUT2D eigenvalue weighted by atomic mass is 10.1. The van der Waals surface area contributed by atoms with Gasteiger partial charge in [-0.15, -0.1) is 0 Å². The Bertz CT molecular complexity index is 437. The minimum atomic E-state index is -0.477. The Kier molecular flexibility index (Phi) is 5.62. The quantitative estimate of drug-likeness (QED) is 0.804. The third-order valence-corrected chi connectivity index (χ3v) is 3.47. The molecule has 0 spiro atoms. The lowest BCUT2D eigenvalue weighted by Crippen LogP contribution is -2.35. The average molecular weight is 275 g/mol. The van der Waals surface area contributed by atoms with Gasteiger partial charge in [-0.05, 0) is 42.5 Å². The van der Waals surface area contributed by atoms with Crippen LogP contribution in [0.1, 0.15) is 38.7 Å². The number of ether oxygens (including phenoxy) is 1. The van der Waals surface area contributed by atoms with Crippen molar-refractivity contribution in [1.29, 1.82) is 0 Å². The first-order chi connectivity index (χ1) is 9.65. The van der Waals surface area contributed by atoms with Crippen LogP contribution >= 0.6 is 0 Å². The molecule has 0 bridgehead atoms. The van der Waals surface area contributed by atoms with Gasteiger partial charge in [0.15, 0.2) is 0 Å². The molecule has 110 valence electrons. The second kappa shape index (κ2) is 7.46. The molecule has 0 aromatic heterocycles. The largest absolute Gasteiger partial charge is 0.491 e. The predicted molar refractivity (Wildman–Crippen MR) is 82.9 cm³/mol. The maximum Gasteiger partial charge on any atom is 0.119 e. The normalized spacial score (nSPS) is 16.3. The Hall–Kier alpha value is -1.32. The molecule has 0 amide bonds. The number of hydrogen-bond acceptors (Lipinski definition) is 3. The molecule has 20 heavy (non-hydrogen) atoms. The molecule has 0 saturated carbocycles. The highest BCUT2D eigenvalue weighted by atomic mass is 16.5. The molecule has 1 atom stereocenters. The molecule has 0 saturated heterocycles. The number of hydrogen-bond donors (Lipinski definition) is 2. The van der Waals surface area contributed by atoms with Crippen molar-refractivity contribution in [1.82, 2.24) is 5.32 Å². The fourth-order valence-corrected chi connectivity index (χ4v) is 2.32. The Balaban J connectivity index is 1.79. The van der Waals surface area contributed by atoms with E-state index in [1.165, 1.54) is 30.4 Å². The number of nitrogens with one attached hydrogen (secondary N) is 1. The Labute approximate surface area is 121 Å². The van der Waals surface area contributed by atoms with Crippen LogP contribution in [0.4, 0.5) is 0 Å². The zero-order valence-corrected chi connectivity index (χ0v) is 12.4. The van der Waals surface area contributed by atoms with Crippen molar-refractivity contribution in [2.45, 2.75) is 45.3 Å². The van der Waals surface area contributed by atoms with Gasteiger partial charge in [0.2, 0.25) is 0 Å². The molecule has 2 N–H and O–H groups in total. The second-order valence-corrected chi connectivity index (χ2v) is 5.67. The Morgan fingerprint density at radius 3 is 2.60 bits per heavy atom. The van der Waals surface area contributed by atoms with E-state index < -0.39 is 6.10 Å². The van der Waals surface area contributed by atoms with E-state index in [1.54, 1.807) is 0 Å². The van der Waals surface area contributed by atoms with E-state index in [1.807, 2.05) is 12.1 Å². The summed E-state index contributed by atoms with van der Waals surface area (Å²) in [6.45, 7) is 5.00. The summed E-state index contributed by atoms with van der Waals surface area (Å²) in [5.41, 5.74) is 2.73. The zero-order valence-electron chi connectivity index (χ0n) is 12.4. The molecular weight excluding hydrogens is 250 g/mol. The third-order valence-electron chi connectivity index (χ3n) is 3.47. The van der Waals surface area contributed by atoms with Gasteiger partial charge < -0.3 is 15.2 Å². The lowest BCUT2D eigenvalue weighted by molar-refractivity contribution is 0.104. The number of allylic oxidation sites excluding steroid dienone is 2. The van der Waals surface area contributed by atoms with Crippen LogP contribution in [0.5, 0.6) is 5.75 Å². The fourth-order valence-electron chi connectivity index (χ4n) is 2.32. The molecule has 0 heterocycles. The highest BCUT2D eigenvalue weighted by Gasteiger charge is 2.08. The first-order valence-electron chi connectivity index (χ1n) is 7.49. The van der Waals surface area contributed by atoms with Crippen molar-refractivity contribution < 1.29 is 9.84 Å². The summed E-state index contributed by atoms with van der Waals surface area (Å²) >= 11 is 0. The molecular formula is C17H25NO2. The van der Waals surface area contributed by atoms with Gasteiger partial charge in [0.1, 0.15) is 18.5 Å². The van der Waals surface area contributed by atoms with E-state index in [0.29, 0.717) is 19.2 Å². The van der Waals surface area contributed by atoms with Crippen molar-refractivity contribution >= 4 is 5.57 Å². The highest BCUT2D eigenvalue weighted by molar-refractivity contribution is 5.67. The maximum absolute atomic E-state index is 9.79. The Morgan fingerprint density at radius 2 is 2.00 bits per heavy atom. The van der Waals surface area contributed by atoms with Gasteiger partial charge in [-0.3, -0.25) is 0 Å². The van der Waals surface area contributed by atoms with Crippen LogP contribution in [0.2, 0.25) is 0 Å². The zero-order chi connectivity index (χ0) is 14.4. The highest BCUT2D eigenvalue weighted by Crippen LogP contribution is 2.28. The van der Waals surface area contributed by atoms with Crippen LogP contribution in [-0.2, 0) is 0 Å². The van der Waals surface area contributed by atoms with Crippen LogP contribution in [0.3, 0.4) is 0 Å². The van der Waals surface area contributed by atoms with Crippen molar-refractivity contribution in [2.75, 3.05) is 13.2 Å². The molecule has 0 aliphatic heterocycles. The van der Waals surface area contributed by atoms with Crippen LogP contribution < -0.4 is 10.1 Å². The molecule has 1 unspecified atom stereocenters. The minimum Gasteiger partial charge on any atom is -0.491 e. The summed E-state index contributed by atoms with van der Waals surface area (Å²) < 4.78 is 5.61. The lowest BCUT2D eigenvalue weighted by Gasteiger charge is -2.15. The molecule has 1 aliphatic rings. The van der Waals surface area contributed by atoms with Crippen molar-refractivity contribution in [3.8, 4) is 5.75 Å². The summed E-state index contributed by atoms with van der Waals surface area (Å²) in [6, 6.07) is 8.55. The number of benzene rings is 1. The Morgan fingerprint density at radius 1 is 1.25 bits per heavy atom. The SMILES string of the molecule is CC(C)NCC(O)COc1ccc(C2=CCCC2)cc1. The number of aliphatic hydroxyl groups excluding tert-OH is 1. The monoisotopic (exact) mass is 275 g/mol. The first-order valence-corrected chi connectivity index (χ1v) is 7.49. The molecule has 1 aromatic rings. The van der Waals surface area contributed by atoms with E-state index in [4.69, 9.17) is 4.74 Å². The van der Waals surface area contributed by atoms with Gasteiger partial charge in [-0.1, -0.05) is 32.1 Å². The fraction of sp³-hybridized carbons (Fsp3) is 0.529. The van der Waals surface area contributed by atoms with E-state index in [-0.39, 0.29) is 0 Å². The first kappa shape index (κ1) is 15.1. The summed E-state index contributed by atoms with van der Waals surface area (Å²) in [4.78, 5) is 0. The van der Waals surface area contributed by atoms with Gasteiger partial charge in [-0.2, -0.15) is 0 Å². The smallest absolute Gasteiger partial charge is 0.119 e. The van der Waals surface area contributed by atoms with Gasteiger partial charge in [0, 0.05) is 12.6 Å². The van der Waals surface area contributed by atoms with Crippen LogP contribution in [0.15, 0.2) is 30.3 Å². The van der Waals surface area contributed by atoms with Crippen LogP contribution in [0, 0.1) is 0 Å². The molecule has 3 nitrogen and oxygen atoms in total. The number of aliphatic hydroxyl groups is 1. The van der Waals surface area contributed by atoms with Gasteiger partial charge in [0.25, 0.3) is 0 Å². The van der Waals surface area contributed by atoms with Crippen molar-refractivity contribution in [3.05, 3.63) is 35.9 Å². The topological polar surface area (TPSA) is 41.5 Å². The van der Waals surface area contributed by atoms with E-state index in [9.17, 15) is 5.11 Å². The average Bonchev–Trinajstić information content (AvgIpc) is 2.97. The summed E-state index contributed by atoms with van der Waals surface area (Å²) in [7, 11) is 0.